The Morgan fingerprint density at radius 3 is 2.90 bits per heavy atom. The minimum absolute atomic E-state index is 0.0715. The molecule has 1 aromatic carbocycles. The van der Waals surface area contributed by atoms with Gasteiger partial charge in [0.1, 0.15) is 5.52 Å². The molecule has 0 spiro atoms. The molecule has 0 atom stereocenters. The van der Waals surface area contributed by atoms with Gasteiger partial charge in [-0.25, -0.2) is 0 Å². The van der Waals surface area contributed by atoms with Crippen molar-refractivity contribution in [3.05, 3.63) is 34.6 Å². The van der Waals surface area contributed by atoms with E-state index in [0.29, 0.717) is 23.5 Å². The molecule has 1 saturated heterocycles. The lowest BCUT2D eigenvalue weighted by Crippen LogP contribution is -2.38. The zero-order valence-electron chi connectivity index (χ0n) is 12.3. The Kier molecular flexibility index (Phi) is 4.26. The van der Waals surface area contributed by atoms with E-state index >= 15 is 0 Å². The number of aromatic nitrogens is 3. The number of hydrogen-bond donors (Lipinski definition) is 1. The van der Waals surface area contributed by atoms with Crippen LogP contribution in [-0.2, 0) is 6.67 Å². The van der Waals surface area contributed by atoms with Gasteiger partial charge in [-0.3, -0.25) is 9.69 Å². The fraction of sp³-hybridized carbons (Fsp3) is 0.533. The van der Waals surface area contributed by atoms with Crippen LogP contribution in [0.2, 0.25) is 0 Å². The first-order valence-electron chi connectivity index (χ1n) is 7.46. The Morgan fingerprint density at radius 1 is 1.33 bits per heavy atom. The van der Waals surface area contributed by atoms with Gasteiger partial charge in [0.25, 0.3) is 5.56 Å². The molecule has 1 N–H and O–H groups in total. The van der Waals surface area contributed by atoms with Gasteiger partial charge in [-0.1, -0.05) is 17.3 Å². The Hall–Kier alpha value is -1.79. The van der Waals surface area contributed by atoms with Crippen LogP contribution in [0.1, 0.15) is 12.8 Å². The fourth-order valence-corrected chi connectivity index (χ4v) is 2.91. The monoisotopic (exact) mass is 287 g/mol. The van der Waals surface area contributed by atoms with E-state index in [-0.39, 0.29) is 5.56 Å². The highest BCUT2D eigenvalue weighted by molar-refractivity contribution is 5.76. The smallest absolute Gasteiger partial charge is 0.278 e. The number of nitrogens with one attached hydrogen (secondary N) is 1. The summed E-state index contributed by atoms with van der Waals surface area (Å²) in [5, 5.41) is 12.2. The Morgan fingerprint density at radius 2 is 2.10 bits per heavy atom. The van der Waals surface area contributed by atoms with Crippen molar-refractivity contribution in [2.24, 2.45) is 5.92 Å². The zero-order chi connectivity index (χ0) is 14.7. The molecule has 1 aromatic heterocycles. The molecule has 0 saturated carbocycles. The highest BCUT2D eigenvalue weighted by Gasteiger charge is 2.16. The van der Waals surface area contributed by atoms with Crippen LogP contribution in [0.3, 0.4) is 0 Å². The first kappa shape index (κ1) is 14.2. The first-order valence-corrected chi connectivity index (χ1v) is 7.46. The molecular formula is C15H21N5O. The summed E-state index contributed by atoms with van der Waals surface area (Å²) in [4.78, 5) is 14.5. The number of nitrogens with zero attached hydrogens (tertiary/aromatic N) is 4. The minimum Gasteiger partial charge on any atom is -0.317 e. The van der Waals surface area contributed by atoms with Crippen molar-refractivity contribution in [2.45, 2.75) is 19.5 Å². The van der Waals surface area contributed by atoms with E-state index in [2.05, 4.69) is 20.5 Å². The number of piperidine rings is 1. The van der Waals surface area contributed by atoms with Gasteiger partial charge in [0.05, 0.1) is 12.1 Å². The van der Waals surface area contributed by atoms with Crippen LogP contribution in [-0.4, -0.2) is 46.6 Å². The average molecular weight is 287 g/mol. The predicted octanol–water partition coefficient (Wildman–Crippen LogP) is 0.680. The zero-order valence-corrected chi connectivity index (χ0v) is 12.3. The third kappa shape index (κ3) is 3.28. The van der Waals surface area contributed by atoms with Crippen molar-refractivity contribution in [1.29, 1.82) is 0 Å². The van der Waals surface area contributed by atoms with Crippen molar-refractivity contribution in [1.82, 2.24) is 25.2 Å². The second-order valence-corrected chi connectivity index (χ2v) is 5.78. The van der Waals surface area contributed by atoms with E-state index in [0.717, 1.165) is 19.6 Å². The topological polar surface area (TPSA) is 63.1 Å². The molecule has 0 amide bonds. The van der Waals surface area contributed by atoms with Gasteiger partial charge in [-0.15, -0.1) is 5.10 Å². The lowest BCUT2D eigenvalue weighted by atomic mass is 9.98. The normalized spacial score (nSPS) is 16.7. The largest absolute Gasteiger partial charge is 0.317 e. The summed E-state index contributed by atoms with van der Waals surface area (Å²) in [6.07, 6.45) is 2.39. The van der Waals surface area contributed by atoms with E-state index < -0.39 is 0 Å². The van der Waals surface area contributed by atoms with Gasteiger partial charge in [-0.2, -0.15) is 4.68 Å². The third-order valence-electron chi connectivity index (χ3n) is 4.03. The molecule has 3 rings (SSSR count). The van der Waals surface area contributed by atoms with Crippen LogP contribution < -0.4 is 10.9 Å². The third-order valence-corrected chi connectivity index (χ3v) is 4.03. The first-order chi connectivity index (χ1) is 10.2. The highest BCUT2D eigenvalue weighted by Crippen LogP contribution is 2.12. The minimum atomic E-state index is -0.0715. The fourth-order valence-electron chi connectivity index (χ4n) is 2.91. The lowest BCUT2D eigenvalue weighted by molar-refractivity contribution is 0.189. The molecule has 1 aliphatic rings. The van der Waals surface area contributed by atoms with E-state index in [9.17, 15) is 4.79 Å². The van der Waals surface area contributed by atoms with Gasteiger partial charge in [-0.05, 0) is 51.0 Å². The standard InChI is InChI=1S/C15H21N5O/c1-19(10-12-6-8-16-9-7-12)11-20-15(21)13-4-2-3-5-14(13)17-18-20/h2-5,12,16H,6-11H2,1H3. The maximum atomic E-state index is 12.4. The van der Waals surface area contributed by atoms with Crippen molar-refractivity contribution in [3.8, 4) is 0 Å². The van der Waals surface area contributed by atoms with Crippen molar-refractivity contribution < 1.29 is 0 Å². The summed E-state index contributed by atoms with van der Waals surface area (Å²) in [5.41, 5.74) is 0.581. The summed E-state index contributed by atoms with van der Waals surface area (Å²) in [5.74, 6) is 0.695. The van der Waals surface area contributed by atoms with Crippen molar-refractivity contribution in [2.75, 3.05) is 26.7 Å². The Balaban J connectivity index is 1.72. The molecule has 0 bridgehead atoms. The highest BCUT2D eigenvalue weighted by atomic mass is 16.1. The molecule has 1 aliphatic heterocycles. The van der Waals surface area contributed by atoms with E-state index in [4.69, 9.17) is 0 Å². The van der Waals surface area contributed by atoms with E-state index in [1.54, 1.807) is 6.07 Å². The van der Waals surface area contributed by atoms with Gasteiger partial charge >= 0.3 is 0 Å². The molecule has 0 unspecified atom stereocenters. The average Bonchev–Trinajstić information content (AvgIpc) is 2.51. The van der Waals surface area contributed by atoms with Gasteiger partial charge < -0.3 is 5.32 Å². The van der Waals surface area contributed by atoms with Crippen LogP contribution in [0.15, 0.2) is 29.1 Å². The molecule has 112 valence electrons. The number of hydrogen-bond acceptors (Lipinski definition) is 5. The second kappa shape index (κ2) is 6.32. The SMILES string of the molecule is CN(CC1CCNCC1)Cn1nnc2ccccc2c1=O. The van der Waals surface area contributed by atoms with Gasteiger partial charge in [0, 0.05) is 6.54 Å². The van der Waals surface area contributed by atoms with Crippen molar-refractivity contribution >= 4 is 10.9 Å². The number of rotatable bonds is 4. The van der Waals surface area contributed by atoms with E-state index in [1.807, 2.05) is 25.2 Å². The summed E-state index contributed by atoms with van der Waals surface area (Å²) >= 11 is 0. The molecule has 2 aromatic rings. The van der Waals surface area contributed by atoms with Gasteiger partial charge in [0.2, 0.25) is 0 Å². The molecule has 0 radical (unpaired) electrons. The quantitative estimate of drug-likeness (QED) is 0.896. The molecule has 6 heteroatoms. The summed E-state index contributed by atoms with van der Waals surface area (Å²) in [7, 11) is 2.03. The van der Waals surface area contributed by atoms with Gasteiger partial charge in [0.15, 0.2) is 0 Å². The molecule has 21 heavy (non-hydrogen) atoms. The Labute approximate surface area is 123 Å². The van der Waals surface area contributed by atoms with Crippen LogP contribution in [0.5, 0.6) is 0 Å². The number of benzene rings is 1. The van der Waals surface area contributed by atoms with Crippen molar-refractivity contribution in [3.63, 3.8) is 0 Å². The predicted molar refractivity (Wildman–Crippen MR) is 82.0 cm³/mol. The van der Waals surface area contributed by atoms with Crippen LogP contribution in [0.4, 0.5) is 0 Å². The molecule has 0 aliphatic carbocycles. The summed E-state index contributed by atoms with van der Waals surface area (Å²) in [6, 6.07) is 7.33. The molecule has 1 fully saturated rings. The second-order valence-electron chi connectivity index (χ2n) is 5.78. The molecule has 6 nitrogen and oxygen atoms in total. The summed E-state index contributed by atoms with van der Waals surface area (Å²) in [6.45, 7) is 3.66. The Bertz CT molecular complexity index is 662. The summed E-state index contributed by atoms with van der Waals surface area (Å²) < 4.78 is 1.45. The molecular weight excluding hydrogens is 266 g/mol. The van der Waals surface area contributed by atoms with Crippen LogP contribution in [0.25, 0.3) is 10.9 Å². The maximum absolute atomic E-state index is 12.4. The maximum Gasteiger partial charge on any atom is 0.278 e. The van der Waals surface area contributed by atoms with Crippen LogP contribution >= 0.6 is 0 Å². The van der Waals surface area contributed by atoms with Crippen LogP contribution in [0, 0.1) is 5.92 Å². The molecule has 2 heterocycles. The number of fused-ring (bicyclic) bond motifs is 1. The van der Waals surface area contributed by atoms with E-state index in [1.165, 1.54) is 17.5 Å². The lowest BCUT2D eigenvalue weighted by Gasteiger charge is -2.27.